The van der Waals surface area contributed by atoms with Crippen LogP contribution in [-0.4, -0.2) is 18.5 Å². The van der Waals surface area contributed by atoms with E-state index in [0.717, 1.165) is 19.4 Å². The van der Waals surface area contributed by atoms with Gasteiger partial charge in [0.2, 0.25) is 5.91 Å². The quantitative estimate of drug-likeness (QED) is 0.886. The van der Waals surface area contributed by atoms with Gasteiger partial charge >= 0.3 is 0 Å². The van der Waals surface area contributed by atoms with Gasteiger partial charge in [-0.3, -0.25) is 4.79 Å². The Bertz CT molecular complexity index is 447. The van der Waals surface area contributed by atoms with Crippen LogP contribution in [0.4, 0.5) is 4.39 Å². The highest BCUT2D eigenvalue weighted by atomic mass is 35.5. The first-order valence-electron chi connectivity index (χ1n) is 6.06. The topological polar surface area (TPSA) is 41.1 Å². The zero-order valence-corrected chi connectivity index (χ0v) is 10.9. The van der Waals surface area contributed by atoms with Crippen LogP contribution in [0.25, 0.3) is 0 Å². The molecule has 2 N–H and O–H groups in total. The van der Waals surface area contributed by atoms with Crippen molar-refractivity contribution in [3.8, 4) is 0 Å². The molecule has 5 heteroatoms. The van der Waals surface area contributed by atoms with E-state index in [0.29, 0.717) is 5.56 Å². The standard InChI is InChI=1S/C13H16ClFN2O/c1-8(9-4-5-10(14)11(15)7-9)17-13(18)12-3-2-6-16-12/h4-5,7-8,12,16H,2-3,6H2,1H3,(H,17,18)/t8-,12-/m0/s1. The molecule has 0 saturated carbocycles. The van der Waals surface area contributed by atoms with E-state index in [1.165, 1.54) is 12.1 Å². The second-order valence-electron chi connectivity index (χ2n) is 4.55. The Labute approximate surface area is 111 Å². The molecule has 1 aromatic carbocycles. The van der Waals surface area contributed by atoms with E-state index in [1.54, 1.807) is 6.07 Å². The molecule has 1 heterocycles. The maximum Gasteiger partial charge on any atom is 0.237 e. The maximum absolute atomic E-state index is 13.3. The fraction of sp³-hybridized carbons (Fsp3) is 0.462. The summed E-state index contributed by atoms with van der Waals surface area (Å²) in [6, 6.07) is 4.23. The summed E-state index contributed by atoms with van der Waals surface area (Å²) in [4.78, 5) is 11.9. The molecular formula is C13H16ClFN2O. The zero-order valence-electron chi connectivity index (χ0n) is 10.2. The first-order chi connectivity index (χ1) is 8.58. The summed E-state index contributed by atoms with van der Waals surface area (Å²) < 4.78 is 13.3. The molecule has 0 aromatic heterocycles. The fourth-order valence-electron chi connectivity index (χ4n) is 2.09. The molecular weight excluding hydrogens is 255 g/mol. The van der Waals surface area contributed by atoms with Gasteiger partial charge in [-0.2, -0.15) is 0 Å². The van der Waals surface area contributed by atoms with Gasteiger partial charge in [-0.25, -0.2) is 4.39 Å². The van der Waals surface area contributed by atoms with Gasteiger partial charge in [-0.1, -0.05) is 17.7 Å². The summed E-state index contributed by atoms with van der Waals surface area (Å²) >= 11 is 5.62. The van der Waals surface area contributed by atoms with Gasteiger partial charge in [-0.15, -0.1) is 0 Å². The Morgan fingerprint density at radius 2 is 2.39 bits per heavy atom. The number of rotatable bonds is 3. The predicted octanol–water partition coefficient (Wildman–Crippen LogP) is 2.41. The zero-order chi connectivity index (χ0) is 13.1. The van der Waals surface area contributed by atoms with Crippen molar-refractivity contribution in [2.75, 3.05) is 6.54 Å². The minimum atomic E-state index is -0.464. The number of hydrogen-bond donors (Lipinski definition) is 2. The van der Waals surface area contributed by atoms with Gasteiger partial charge < -0.3 is 10.6 Å². The van der Waals surface area contributed by atoms with Crippen LogP contribution < -0.4 is 10.6 Å². The molecule has 2 rings (SSSR count). The van der Waals surface area contributed by atoms with Crippen LogP contribution in [0.5, 0.6) is 0 Å². The number of hydrogen-bond acceptors (Lipinski definition) is 2. The lowest BCUT2D eigenvalue weighted by Crippen LogP contribution is -2.41. The van der Waals surface area contributed by atoms with Crippen molar-refractivity contribution in [3.63, 3.8) is 0 Å². The van der Waals surface area contributed by atoms with Crippen molar-refractivity contribution in [2.45, 2.75) is 31.8 Å². The van der Waals surface area contributed by atoms with Crippen LogP contribution in [0, 0.1) is 5.82 Å². The van der Waals surface area contributed by atoms with E-state index in [4.69, 9.17) is 11.6 Å². The molecule has 98 valence electrons. The minimum absolute atomic E-state index is 0.0321. The van der Waals surface area contributed by atoms with Crippen molar-refractivity contribution in [3.05, 3.63) is 34.6 Å². The summed E-state index contributed by atoms with van der Waals surface area (Å²) in [6.45, 7) is 2.71. The third kappa shape index (κ3) is 3.00. The molecule has 0 aliphatic carbocycles. The molecule has 0 unspecified atom stereocenters. The normalized spacial score (nSPS) is 20.7. The summed E-state index contributed by atoms with van der Waals surface area (Å²) in [6.07, 6.45) is 1.87. The lowest BCUT2D eigenvalue weighted by Gasteiger charge is -2.17. The second kappa shape index (κ2) is 5.67. The van der Waals surface area contributed by atoms with Crippen molar-refractivity contribution < 1.29 is 9.18 Å². The summed E-state index contributed by atoms with van der Waals surface area (Å²) in [7, 11) is 0. The summed E-state index contributed by atoms with van der Waals surface area (Å²) in [5.74, 6) is -0.496. The monoisotopic (exact) mass is 270 g/mol. The average Bonchev–Trinajstić information content (AvgIpc) is 2.86. The van der Waals surface area contributed by atoms with Gasteiger partial charge in [-0.05, 0) is 44.0 Å². The van der Waals surface area contributed by atoms with Gasteiger partial charge in [0.25, 0.3) is 0 Å². The molecule has 0 radical (unpaired) electrons. The Balaban J connectivity index is 2.00. The van der Waals surface area contributed by atoms with Gasteiger partial charge in [0.05, 0.1) is 17.1 Å². The molecule has 1 aromatic rings. The molecule has 0 spiro atoms. The molecule has 2 atom stereocenters. The van der Waals surface area contributed by atoms with Crippen LogP contribution in [0.2, 0.25) is 5.02 Å². The Kier molecular flexibility index (Phi) is 4.19. The van der Waals surface area contributed by atoms with E-state index in [1.807, 2.05) is 6.92 Å². The van der Waals surface area contributed by atoms with Crippen molar-refractivity contribution >= 4 is 17.5 Å². The van der Waals surface area contributed by atoms with Gasteiger partial charge in [0.15, 0.2) is 0 Å². The molecule has 1 aliphatic heterocycles. The van der Waals surface area contributed by atoms with Crippen LogP contribution in [0.3, 0.4) is 0 Å². The lowest BCUT2D eigenvalue weighted by atomic mass is 10.1. The highest BCUT2D eigenvalue weighted by molar-refractivity contribution is 6.30. The minimum Gasteiger partial charge on any atom is -0.348 e. The van der Waals surface area contributed by atoms with Crippen LogP contribution in [0.1, 0.15) is 31.4 Å². The summed E-state index contributed by atoms with van der Waals surface area (Å²) in [5, 5.41) is 6.09. The fourth-order valence-corrected chi connectivity index (χ4v) is 2.20. The lowest BCUT2D eigenvalue weighted by molar-refractivity contribution is -0.123. The van der Waals surface area contributed by atoms with Gasteiger partial charge in [0.1, 0.15) is 5.82 Å². The number of carbonyl (C=O) groups excluding carboxylic acids is 1. The Morgan fingerprint density at radius 1 is 1.61 bits per heavy atom. The third-order valence-electron chi connectivity index (χ3n) is 3.18. The van der Waals surface area contributed by atoms with Gasteiger partial charge in [0, 0.05) is 0 Å². The number of carbonyl (C=O) groups is 1. The Hall–Kier alpha value is -1.13. The number of benzene rings is 1. The largest absolute Gasteiger partial charge is 0.348 e. The first-order valence-corrected chi connectivity index (χ1v) is 6.44. The van der Waals surface area contributed by atoms with E-state index >= 15 is 0 Å². The Morgan fingerprint density at radius 3 is 3.00 bits per heavy atom. The average molecular weight is 271 g/mol. The number of halogens is 2. The molecule has 3 nitrogen and oxygen atoms in total. The molecule has 1 amide bonds. The van der Waals surface area contributed by atoms with E-state index in [2.05, 4.69) is 10.6 Å². The molecule has 1 saturated heterocycles. The van der Waals surface area contributed by atoms with Crippen molar-refractivity contribution in [2.24, 2.45) is 0 Å². The first kappa shape index (κ1) is 13.3. The molecule has 1 aliphatic rings. The predicted molar refractivity (Wildman–Crippen MR) is 69.0 cm³/mol. The summed E-state index contributed by atoms with van der Waals surface area (Å²) in [5.41, 5.74) is 0.711. The van der Waals surface area contributed by atoms with E-state index < -0.39 is 5.82 Å². The maximum atomic E-state index is 13.3. The third-order valence-corrected chi connectivity index (χ3v) is 3.49. The SMILES string of the molecule is C[C@H](NC(=O)[C@@H]1CCCN1)c1ccc(Cl)c(F)c1. The van der Waals surface area contributed by atoms with Crippen LogP contribution in [0.15, 0.2) is 18.2 Å². The highest BCUT2D eigenvalue weighted by Crippen LogP contribution is 2.20. The number of nitrogens with one attached hydrogen (secondary N) is 2. The molecule has 0 bridgehead atoms. The smallest absolute Gasteiger partial charge is 0.237 e. The van der Waals surface area contributed by atoms with Crippen LogP contribution >= 0.6 is 11.6 Å². The molecule has 1 fully saturated rings. The molecule has 18 heavy (non-hydrogen) atoms. The highest BCUT2D eigenvalue weighted by Gasteiger charge is 2.23. The van der Waals surface area contributed by atoms with E-state index in [9.17, 15) is 9.18 Å². The second-order valence-corrected chi connectivity index (χ2v) is 4.96. The van der Waals surface area contributed by atoms with Crippen molar-refractivity contribution in [1.82, 2.24) is 10.6 Å². The van der Waals surface area contributed by atoms with E-state index in [-0.39, 0.29) is 23.0 Å². The van der Waals surface area contributed by atoms with Crippen molar-refractivity contribution in [1.29, 1.82) is 0 Å². The number of amides is 1. The van der Waals surface area contributed by atoms with Crippen LogP contribution in [-0.2, 0) is 4.79 Å².